The highest BCUT2D eigenvalue weighted by Gasteiger charge is 2.18. The van der Waals surface area contributed by atoms with Crippen molar-refractivity contribution in [1.29, 1.82) is 0 Å². The van der Waals surface area contributed by atoms with Crippen LogP contribution in [0.15, 0.2) is 212 Å². The van der Waals surface area contributed by atoms with Crippen LogP contribution in [0.5, 0.6) is 0 Å². The largest absolute Gasteiger partial charge is 0.311 e. The molecule has 0 saturated heterocycles. The molecule has 0 aromatic heterocycles. The summed E-state index contributed by atoms with van der Waals surface area (Å²) in [4.78, 5) is 2.32. The summed E-state index contributed by atoms with van der Waals surface area (Å²) in [5.41, 5.74) is 15.4. The topological polar surface area (TPSA) is 3.24 Å². The Bertz CT molecular complexity index is 2280. The smallest absolute Gasteiger partial charge is 0.0462 e. The maximum absolute atomic E-state index is 2.32. The Morgan fingerprint density at radius 1 is 0.204 bits per heavy atom. The van der Waals surface area contributed by atoms with E-state index in [4.69, 9.17) is 0 Å². The Hall–Kier alpha value is -6.44. The highest BCUT2D eigenvalue weighted by atomic mass is 15.1. The molecule has 0 aliphatic rings. The van der Waals surface area contributed by atoms with Gasteiger partial charge in [-0.25, -0.2) is 0 Å². The van der Waals surface area contributed by atoms with Gasteiger partial charge in [-0.3, -0.25) is 0 Å². The lowest BCUT2D eigenvalue weighted by molar-refractivity contribution is 1.28. The highest BCUT2D eigenvalue weighted by Crippen LogP contribution is 2.45. The first-order valence-electron chi connectivity index (χ1n) is 16.8. The summed E-state index contributed by atoms with van der Waals surface area (Å²) in [6, 6.07) is 75.9. The minimum absolute atomic E-state index is 1.10. The SMILES string of the molecule is c1ccc(-c2ccc(N(c3ccccc3)c3ccc(-c4cccc(-c5ccccc5)c4-c4ccccc4-c4ccccc4)cc3)cc2)cc1. The zero-order chi connectivity index (χ0) is 32.8. The van der Waals surface area contributed by atoms with Crippen LogP contribution >= 0.6 is 0 Å². The van der Waals surface area contributed by atoms with Crippen molar-refractivity contribution in [3.8, 4) is 55.6 Å². The van der Waals surface area contributed by atoms with Crippen LogP contribution in [0, 0.1) is 0 Å². The average Bonchev–Trinajstić information content (AvgIpc) is 3.20. The second kappa shape index (κ2) is 13.7. The molecular weight excluding hydrogens is 591 g/mol. The van der Waals surface area contributed by atoms with E-state index in [-0.39, 0.29) is 0 Å². The quantitative estimate of drug-likeness (QED) is 0.162. The van der Waals surface area contributed by atoms with Crippen LogP contribution in [0.2, 0.25) is 0 Å². The van der Waals surface area contributed by atoms with Crippen molar-refractivity contribution < 1.29 is 0 Å². The molecule has 8 rings (SSSR count). The predicted octanol–water partition coefficient (Wildman–Crippen LogP) is 13.5. The minimum Gasteiger partial charge on any atom is -0.311 e. The standard InChI is InChI=1S/C48H35N/c1-5-16-36(17-6-1)37-28-32-42(33-29-37)49(41-22-11-4-12-23-41)43-34-30-40(31-35-43)46-27-15-26-45(39-20-9-3-10-21-39)48(46)47-25-14-13-24-44(47)38-18-7-2-8-19-38/h1-35H. The Morgan fingerprint density at radius 2 is 0.531 bits per heavy atom. The average molecular weight is 626 g/mol. The second-order valence-corrected chi connectivity index (χ2v) is 12.1. The minimum atomic E-state index is 1.10. The summed E-state index contributed by atoms with van der Waals surface area (Å²) < 4.78 is 0. The lowest BCUT2D eigenvalue weighted by Crippen LogP contribution is -2.09. The summed E-state index contributed by atoms with van der Waals surface area (Å²) >= 11 is 0. The Balaban J connectivity index is 1.25. The van der Waals surface area contributed by atoms with Crippen LogP contribution in [0.25, 0.3) is 55.6 Å². The normalized spacial score (nSPS) is 10.9. The molecule has 1 heteroatoms. The molecule has 0 atom stereocenters. The van der Waals surface area contributed by atoms with Crippen LogP contribution in [0.3, 0.4) is 0 Å². The molecule has 8 aromatic rings. The highest BCUT2D eigenvalue weighted by molar-refractivity contribution is 5.99. The zero-order valence-electron chi connectivity index (χ0n) is 27.2. The molecule has 0 saturated carbocycles. The van der Waals surface area contributed by atoms with Crippen molar-refractivity contribution in [2.45, 2.75) is 0 Å². The number of benzene rings is 8. The van der Waals surface area contributed by atoms with E-state index >= 15 is 0 Å². The lowest BCUT2D eigenvalue weighted by Gasteiger charge is -2.26. The number of hydrogen-bond acceptors (Lipinski definition) is 1. The lowest BCUT2D eigenvalue weighted by atomic mass is 9.84. The van der Waals surface area contributed by atoms with Gasteiger partial charge < -0.3 is 4.90 Å². The molecule has 0 radical (unpaired) electrons. The van der Waals surface area contributed by atoms with Crippen LogP contribution in [0.4, 0.5) is 17.1 Å². The van der Waals surface area contributed by atoms with Crippen LogP contribution in [-0.4, -0.2) is 0 Å². The van der Waals surface area contributed by atoms with Gasteiger partial charge in [0.15, 0.2) is 0 Å². The first-order valence-corrected chi connectivity index (χ1v) is 16.8. The summed E-state index contributed by atoms with van der Waals surface area (Å²) in [7, 11) is 0. The molecule has 0 aliphatic carbocycles. The number of nitrogens with zero attached hydrogens (tertiary/aromatic N) is 1. The third-order valence-electron chi connectivity index (χ3n) is 9.11. The fraction of sp³-hybridized carbons (Fsp3) is 0. The van der Waals surface area contributed by atoms with Gasteiger partial charge in [0, 0.05) is 17.1 Å². The molecule has 0 spiro atoms. The molecule has 49 heavy (non-hydrogen) atoms. The van der Waals surface area contributed by atoms with Crippen molar-refractivity contribution in [3.63, 3.8) is 0 Å². The van der Waals surface area contributed by atoms with Crippen molar-refractivity contribution in [2.75, 3.05) is 4.90 Å². The molecular formula is C48H35N. The van der Waals surface area contributed by atoms with Gasteiger partial charge in [-0.2, -0.15) is 0 Å². The van der Waals surface area contributed by atoms with Gasteiger partial charge in [0.2, 0.25) is 0 Å². The fourth-order valence-electron chi connectivity index (χ4n) is 6.76. The molecule has 0 bridgehead atoms. The molecule has 1 nitrogen and oxygen atoms in total. The van der Waals surface area contributed by atoms with Crippen molar-refractivity contribution in [2.24, 2.45) is 0 Å². The third-order valence-corrected chi connectivity index (χ3v) is 9.11. The molecule has 0 unspecified atom stereocenters. The van der Waals surface area contributed by atoms with Gasteiger partial charge in [0.25, 0.3) is 0 Å². The molecule has 0 aliphatic heterocycles. The van der Waals surface area contributed by atoms with E-state index in [0.717, 1.165) is 17.1 Å². The number of para-hydroxylation sites is 1. The second-order valence-electron chi connectivity index (χ2n) is 12.1. The van der Waals surface area contributed by atoms with E-state index in [1.807, 2.05) is 0 Å². The van der Waals surface area contributed by atoms with Crippen LogP contribution < -0.4 is 4.90 Å². The summed E-state index contributed by atoms with van der Waals surface area (Å²) in [5, 5.41) is 0. The fourth-order valence-corrected chi connectivity index (χ4v) is 6.76. The van der Waals surface area contributed by atoms with Gasteiger partial charge in [0.1, 0.15) is 0 Å². The molecule has 0 N–H and O–H groups in total. The Kier molecular flexibility index (Phi) is 8.39. The summed E-state index contributed by atoms with van der Waals surface area (Å²) in [5.74, 6) is 0. The van der Waals surface area contributed by atoms with Gasteiger partial charge in [-0.05, 0) is 92.0 Å². The molecule has 0 fully saturated rings. The number of hydrogen-bond donors (Lipinski definition) is 0. The van der Waals surface area contributed by atoms with E-state index in [2.05, 4.69) is 217 Å². The molecule has 0 heterocycles. The van der Waals surface area contributed by atoms with E-state index in [0.29, 0.717) is 0 Å². The van der Waals surface area contributed by atoms with Gasteiger partial charge in [0.05, 0.1) is 0 Å². The molecule has 0 amide bonds. The third kappa shape index (κ3) is 6.18. The van der Waals surface area contributed by atoms with E-state index in [9.17, 15) is 0 Å². The van der Waals surface area contributed by atoms with Crippen molar-refractivity contribution >= 4 is 17.1 Å². The molecule has 8 aromatic carbocycles. The molecule has 232 valence electrons. The number of rotatable bonds is 8. The Morgan fingerprint density at radius 3 is 1.06 bits per heavy atom. The summed E-state index contributed by atoms with van der Waals surface area (Å²) in [6.45, 7) is 0. The van der Waals surface area contributed by atoms with E-state index in [1.54, 1.807) is 0 Å². The monoisotopic (exact) mass is 625 g/mol. The van der Waals surface area contributed by atoms with E-state index < -0.39 is 0 Å². The van der Waals surface area contributed by atoms with Crippen LogP contribution in [0.1, 0.15) is 0 Å². The Labute approximate surface area is 289 Å². The van der Waals surface area contributed by atoms with Crippen molar-refractivity contribution in [1.82, 2.24) is 0 Å². The van der Waals surface area contributed by atoms with Gasteiger partial charge in [-0.1, -0.05) is 176 Å². The number of anilines is 3. The van der Waals surface area contributed by atoms with Crippen molar-refractivity contribution in [3.05, 3.63) is 212 Å². The maximum Gasteiger partial charge on any atom is 0.0462 e. The van der Waals surface area contributed by atoms with E-state index in [1.165, 1.54) is 55.6 Å². The zero-order valence-corrected chi connectivity index (χ0v) is 27.2. The predicted molar refractivity (Wildman–Crippen MR) is 208 cm³/mol. The summed E-state index contributed by atoms with van der Waals surface area (Å²) in [6.07, 6.45) is 0. The van der Waals surface area contributed by atoms with Crippen LogP contribution in [-0.2, 0) is 0 Å². The maximum atomic E-state index is 2.32. The van der Waals surface area contributed by atoms with Gasteiger partial charge >= 0.3 is 0 Å². The first-order chi connectivity index (χ1) is 24.3. The first kappa shape index (κ1) is 29.9. The van der Waals surface area contributed by atoms with Gasteiger partial charge in [-0.15, -0.1) is 0 Å².